The summed E-state index contributed by atoms with van der Waals surface area (Å²) in [5, 5.41) is 3.94. The molecule has 0 radical (unpaired) electrons. The largest absolute Gasteiger partial charge is 0.309 e. The van der Waals surface area contributed by atoms with E-state index in [1.54, 1.807) is 4.57 Å². The van der Waals surface area contributed by atoms with Gasteiger partial charge >= 0.3 is 0 Å². The fraction of sp³-hybridized carbons (Fsp3) is 0. The Hall–Kier alpha value is -7.94. The van der Waals surface area contributed by atoms with Crippen molar-refractivity contribution in [3.05, 3.63) is 230 Å². The summed E-state index contributed by atoms with van der Waals surface area (Å²) in [6.07, 6.45) is 0. The van der Waals surface area contributed by atoms with Crippen LogP contribution in [-0.2, 0) is 0 Å². The lowest BCUT2D eigenvalue weighted by molar-refractivity contribution is 1.18. The average molecular weight is 770 g/mol. The monoisotopic (exact) mass is 769 g/mol. The highest BCUT2D eigenvalue weighted by Crippen LogP contribution is 2.43. The van der Waals surface area contributed by atoms with Crippen molar-refractivity contribution in [2.75, 3.05) is 0 Å². The molecule has 0 saturated carbocycles. The van der Waals surface area contributed by atoms with E-state index < -0.39 is 12.1 Å². The highest BCUT2D eigenvalue weighted by Gasteiger charge is 2.20. The maximum atomic E-state index is 10.1. The molecule has 0 aliphatic rings. The Morgan fingerprint density at radius 2 is 0.967 bits per heavy atom. The number of fused-ring (bicyclic) bond motifs is 7. The highest BCUT2D eigenvalue weighted by molar-refractivity contribution is 6.17. The van der Waals surface area contributed by atoms with Crippen molar-refractivity contribution in [1.29, 1.82) is 0 Å². The number of hydrogen-bond donors (Lipinski definition) is 0. The standard InChI is InChI=1S/C58H38N2/c1-4-16-39(17-5-1)42-22-14-23-45(36-42)59-56-34-31-44(38-52(56)58-47(27-15-29-57(58)59)41-20-8-3-9-21-41)43-30-33-55-51(37-43)50-26-12-13-28-53(50)60(55)54-35-32-46(40-18-6-2-7-19-40)48-24-10-11-25-49(48)54/h1-38H/i12D,13D,26D,28D,30D,33D,37D. The van der Waals surface area contributed by atoms with E-state index in [2.05, 4.69) is 71.3 Å². The normalized spacial score (nSPS) is 13.3. The van der Waals surface area contributed by atoms with E-state index >= 15 is 0 Å². The molecule has 280 valence electrons. The van der Waals surface area contributed by atoms with Gasteiger partial charge in [-0.2, -0.15) is 0 Å². The fourth-order valence-electron chi connectivity index (χ4n) is 9.07. The van der Waals surface area contributed by atoms with Crippen LogP contribution in [0.25, 0.3) is 110 Å². The Morgan fingerprint density at radius 3 is 1.77 bits per heavy atom. The van der Waals surface area contributed by atoms with Crippen molar-refractivity contribution < 1.29 is 9.60 Å². The van der Waals surface area contributed by atoms with Crippen LogP contribution in [0.2, 0.25) is 0 Å². The van der Waals surface area contributed by atoms with Crippen LogP contribution >= 0.6 is 0 Å². The maximum Gasteiger partial charge on any atom is 0.0645 e. The van der Waals surface area contributed by atoms with Gasteiger partial charge in [-0.15, -0.1) is 0 Å². The second kappa shape index (κ2) is 13.9. The number of para-hydroxylation sites is 1. The first-order chi connectivity index (χ1) is 32.7. The van der Waals surface area contributed by atoms with Gasteiger partial charge in [-0.1, -0.05) is 176 Å². The van der Waals surface area contributed by atoms with Crippen LogP contribution in [0.1, 0.15) is 9.60 Å². The lowest BCUT2D eigenvalue weighted by atomic mass is 9.96. The minimum Gasteiger partial charge on any atom is -0.309 e. The van der Waals surface area contributed by atoms with Gasteiger partial charge in [-0.3, -0.25) is 0 Å². The molecule has 0 N–H and O–H groups in total. The van der Waals surface area contributed by atoms with E-state index in [4.69, 9.17) is 2.74 Å². The van der Waals surface area contributed by atoms with Crippen LogP contribution in [0.3, 0.4) is 0 Å². The van der Waals surface area contributed by atoms with Gasteiger partial charge in [-0.25, -0.2) is 0 Å². The van der Waals surface area contributed by atoms with Crippen LogP contribution in [-0.4, -0.2) is 9.13 Å². The molecule has 0 aliphatic heterocycles. The molecule has 0 aliphatic carbocycles. The third-order valence-corrected chi connectivity index (χ3v) is 11.8. The van der Waals surface area contributed by atoms with Crippen molar-refractivity contribution in [3.8, 4) is 55.9 Å². The summed E-state index contributed by atoms with van der Waals surface area (Å²) in [5.41, 5.74) is 10.8. The minimum atomic E-state index is -0.428. The molecule has 0 unspecified atom stereocenters. The van der Waals surface area contributed by atoms with Gasteiger partial charge in [0, 0.05) is 32.6 Å². The minimum absolute atomic E-state index is 0.0862. The van der Waals surface area contributed by atoms with E-state index in [1.165, 1.54) is 0 Å². The van der Waals surface area contributed by atoms with Crippen molar-refractivity contribution >= 4 is 54.4 Å². The first-order valence-electron chi connectivity index (χ1n) is 23.6. The van der Waals surface area contributed by atoms with Crippen LogP contribution in [0.5, 0.6) is 0 Å². The highest BCUT2D eigenvalue weighted by atomic mass is 15.0. The molecule has 12 aromatic rings. The number of nitrogens with zero attached hydrogens (tertiary/aromatic N) is 2. The molecule has 0 atom stereocenters. The summed E-state index contributed by atoms with van der Waals surface area (Å²) in [6, 6.07) is 61.2. The molecule has 0 bridgehead atoms. The molecule has 0 spiro atoms. The van der Waals surface area contributed by atoms with E-state index in [-0.39, 0.29) is 57.6 Å². The third kappa shape index (κ3) is 5.42. The first kappa shape index (κ1) is 27.7. The average Bonchev–Trinajstić information content (AvgIpc) is 3.91. The lowest BCUT2D eigenvalue weighted by Gasteiger charge is -2.15. The summed E-state index contributed by atoms with van der Waals surface area (Å²) in [5.74, 6) is 0. The van der Waals surface area contributed by atoms with Gasteiger partial charge < -0.3 is 9.13 Å². The maximum absolute atomic E-state index is 10.1. The number of aromatic nitrogens is 2. The Bertz CT molecular complexity index is 3990. The number of benzene rings is 10. The van der Waals surface area contributed by atoms with E-state index in [1.807, 2.05) is 121 Å². The molecule has 10 aromatic carbocycles. The van der Waals surface area contributed by atoms with Crippen LogP contribution < -0.4 is 0 Å². The Kier molecular flexibility index (Phi) is 6.39. The molecule has 60 heavy (non-hydrogen) atoms. The Labute approximate surface area is 358 Å². The molecule has 0 amide bonds. The topological polar surface area (TPSA) is 9.86 Å². The molecule has 12 rings (SSSR count). The van der Waals surface area contributed by atoms with Crippen molar-refractivity contribution in [2.24, 2.45) is 0 Å². The second-order valence-electron chi connectivity index (χ2n) is 15.1. The van der Waals surface area contributed by atoms with E-state index in [9.17, 15) is 6.85 Å². The Balaban J connectivity index is 1.16. The quantitative estimate of drug-likeness (QED) is 0.159. The zero-order valence-electron chi connectivity index (χ0n) is 39.3. The molecular formula is C58H38N2. The molecule has 2 heteroatoms. The molecule has 2 heterocycles. The zero-order chi connectivity index (χ0) is 45.7. The second-order valence-corrected chi connectivity index (χ2v) is 15.1. The summed E-state index contributed by atoms with van der Waals surface area (Å²) < 4.78 is 70.1. The molecule has 0 fully saturated rings. The van der Waals surface area contributed by atoms with Crippen LogP contribution in [0, 0.1) is 0 Å². The molecule has 0 saturated heterocycles. The van der Waals surface area contributed by atoms with Gasteiger partial charge in [0.05, 0.1) is 37.3 Å². The molecule has 2 nitrogen and oxygen atoms in total. The third-order valence-electron chi connectivity index (χ3n) is 11.8. The van der Waals surface area contributed by atoms with Crippen molar-refractivity contribution in [2.45, 2.75) is 0 Å². The van der Waals surface area contributed by atoms with Gasteiger partial charge in [0.1, 0.15) is 0 Å². The van der Waals surface area contributed by atoms with Crippen molar-refractivity contribution in [1.82, 2.24) is 9.13 Å². The predicted octanol–water partition coefficient (Wildman–Crippen LogP) is 15.7. The zero-order valence-corrected chi connectivity index (χ0v) is 32.3. The van der Waals surface area contributed by atoms with Crippen LogP contribution in [0.15, 0.2) is 230 Å². The summed E-state index contributed by atoms with van der Waals surface area (Å²) in [6.45, 7) is 0. The molecule has 2 aromatic heterocycles. The first-order valence-corrected chi connectivity index (χ1v) is 20.1. The van der Waals surface area contributed by atoms with Crippen molar-refractivity contribution in [3.63, 3.8) is 0 Å². The lowest BCUT2D eigenvalue weighted by Crippen LogP contribution is -1.96. The summed E-state index contributed by atoms with van der Waals surface area (Å²) in [7, 11) is 0. The van der Waals surface area contributed by atoms with E-state index in [0.717, 1.165) is 71.6 Å². The summed E-state index contributed by atoms with van der Waals surface area (Å²) >= 11 is 0. The predicted molar refractivity (Wildman–Crippen MR) is 254 cm³/mol. The van der Waals surface area contributed by atoms with E-state index in [0.29, 0.717) is 11.3 Å². The number of hydrogen-bond acceptors (Lipinski definition) is 0. The smallest absolute Gasteiger partial charge is 0.0645 e. The van der Waals surface area contributed by atoms with Gasteiger partial charge in [0.25, 0.3) is 0 Å². The SMILES string of the molecule is [2H]c1c([2H])c([2H])c2c(c1[2H])c1c([2H])c(-c3ccc4c(c3)c3c(-c5ccccc5)cccc3n4-c3cccc(-c4ccccc4)c3)c([2H])c([2H])c1n2-c1ccc(-c2ccccc2)c2ccccc12. The van der Waals surface area contributed by atoms with Gasteiger partial charge in [0.15, 0.2) is 0 Å². The Morgan fingerprint density at radius 1 is 0.317 bits per heavy atom. The summed E-state index contributed by atoms with van der Waals surface area (Å²) in [4.78, 5) is 0. The fourth-order valence-corrected chi connectivity index (χ4v) is 9.07. The van der Waals surface area contributed by atoms with Gasteiger partial charge in [0.2, 0.25) is 0 Å². The van der Waals surface area contributed by atoms with Crippen LogP contribution in [0.4, 0.5) is 0 Å². The molecular weight excluding hydrogens is 725 g/mol. The number of rotatable bonds is 6. The van der Waals surface area contributed by atoms with Gasteiger partial charge in [-0.05, 0) is 104 Å².